The molecule has 1 atom stereocenters. The van der Waals surface area contributed by atoms with Gasteiger partial charge in [-0.1, -0.05) is 53.8 Å². The van der Waals surface area contributed by atoms with E-state index in [0.29, 0.717) is 10.1 Å². The van der Waals surface area contributed by atoms with E-state index in [1.807, 2.05) is 36.4 Å². The average Bonchev–Trinajstić information content (AvgIpc) is 3.05. The van der Waals surface area contributed by atoms with E-state index in [-0.39, 0.29) is 17.4 Å². The van der Waals surface area contributed by atoms with E-state index in [4.69, 9.17) is 0 Å². The van der Waals surface area contributed by atoms with Crippen LogP contribution in [0.3, 0.4) is 0 Å². The minimum Gasteiger partial charge on any atom is -0.349 e. The number of hydrogen-bond donors (Lipinski definition) is 1. The van der Waals surface area contributed by atoms with Gasteiger partial charge in [0, 0.05) is 12.3 Å². The molecule has 0 aliphatic rings. The van der Waals surface area contributed by atoms with Gasteiger partial charge in [-0.15, -0.1) is 5.10 Å². The zero-order valence-corrected chi connectivity index (χ0v) is 13.8. The van der Waals surface area contributed by atoms with Crippen molar-refractivity contribution in [1.29, 1.82) is 0 Å². The van der Waals surface area contributed by atoms with Gasteiger partial charge in [-0.2, -0.15) is 4.52 Å². The highest BCUT2D eigenvalue weighted by Crippen LogP contribution is 2.28. The maximum absolute atomic E-state index is 13.7. The van der Waals surface area contributed by atoms with Crippen LogP contribution in [0.4, 0.5) is 9.52 Å². The molecule has 0 saturated carbocycles. The van der Waals surface area contributed by atoms with Crippen molar-refractivity contribution in [1.82, 2.24) is 14.6 Å². The molecule has 4 rings (SSSR count). The largest absolute Gasteiger partial charge is 0.349 e. The molecule has 7 heteroatoms. The van der Waals surface area contributed by atoms with Crippen molar-refractivity contribution in [3.05, 3.63) is 94.2 Å². The molecule has 2 aromatic heterocycles. The molecule has 4 aromatic rings. The fraction of sp³-hybridized carbons (Fsp3) is 0.0556. The summed E-state index contributed by atoms with van der Waals surface area (Å²) in [4.78, 5) is 16.5. The van der Waals surface area contributed by atoms with Crippen LogP contribution < -0.4 is 10.9 Å². The lowest BCUT2D eigenvalue weighted by molar-refractivity contribution is 0.624. The molecule has 5 nitrogen and oxygen atoms in total. The second kappa shape index (κ2) is 6.45. The highest BCUT2D eigenvalue weighted by Gasteiger charge is 2.17. The van der Waals surface area contributed by atoms with Gasteiger partial charge in [-0.05, 0) is 23.3 Å². The van der Waals surface area contributed by atoms with Crippen LogP contribution in [0.2, 0.25) is 0 Å². The van der Waals surface area contributed by atoms with E-state index < -0.39 is 0 Å². The number of aromatic nitrogens is 3. The van der Waals surface area contributed by atoms with Crippen LogP contribution in [0.15, 0.2) is 71.7 Å². The molecule has 0 amide bonds. The first kappa shape index (κ1) is 15.5. The standard InChI is InChI=1S/C18H13FN4OS/c19-14-8-4-7-13(11-14)16(12-5-2-1-3-6-12)21-17-22-23-15(24)9-10-20-18(23)25-17/h1-11,16H,(H,21,22). The zero-order chi connectivity index (χ0) is 17.2. The molecule has 0 radical (unpaired) electrons. The predicted octanol–water partition coefficient (Wildman–Crippen LogP) is 3.49. The molecule has 25 heavy (non-hydrogen) atoms. The molecule has 0 bridgehead atoms. The van der Waals surface area contributed by atoms with Crippen molar-refractivity contribution in [2.24, 2.45) is 0 Å². The summed E-state index contributed by atoms with van der Waals surface area (Å²) in [6, 6.07) is 17.2. The predicted molar refractivity (Wildman–Crippen MR) is 95.4 cm³/mol. The summed E-state index contributed by atoms with van der Waals surface area (Å²) in [5.41, 5.74) is 1.50. The van der Waals surface area contributed by atoms with E-state index >= 15 is 0 Å². The van der Waals surface area contributed by atoms with Crippen LogP contribution in [0.1, 0.15) is 17.2 Å². The molecule has 2 aromatic carbocycles. The molecule has 124 valence electrons. The molecule has 2 heterocycles. The van der Waals surface area contributed by atoms with Crippen molar-refractivity contribution in [2.45, 2.75) is 6.04 Å². The van der Waals surface area contributed by atoms with E-state index in [1.165, 1.54) is 40.2 Å². The monoisotopic (exact) mass is 352 g/mol. The summed E-state index contributed by atoms with van der Waals surface area (Å²) in [5, 5.41) is 8.11. The van der Waals surface area contributed by atoms with Crippen molar-refractivity contribution < 1.29 is 4.39 Å². The van der Waals surface area contributed by atoms with Gasteiger partial charge in [0.25, 0.3) is 5.56 Å². The molecular formula is C18H13FN4OS. The maximum Gasteiger partial charge on any atom is 0.275 e. The van der Waals surface area contributed by atoms with Crippen LogP contribution in [0.5, 0.6) is 0 Å². The Bertz CT molecular complexity index is 1080. The summed E-state index contributed by atoms with van der Waals surface area (Å²) in [5.74, 6) is -0.303. The summed E-state index contributed by atoms with van der Waals surface area (Å²) in [7, 11) is 0. The summed E-state index contributed by atoms with van der Waals surface area (Å²) in [6.07, 6.45) is 1.46. The third kappa shape index (κ3) is 3.14. The lowest BCUT2D eigenvalue weighted by Crippen LogP contribution is -2.15. The smallest absolute Gasteiger partial charge is 0.275 e. The fourth-order valence-corrected chi connectivity index (χ4v) is 3.42. The number of nitrogens with one attached hydrogen (secondary N) is 1. The summed E-state index contributed by atoms with van der Waals surface area (Å²) >= 11 is 1.27. The lowest BCUT2D eigenvalue weighted by Gasteiger charge is -2.19. The van der Waals surface area contributed by atoms with Gasteiger partial charge in [-0.3, -0.25) is 4.79 Å². The number of rotatable bonds is 4. The third-order valence-electron chi connectivity index (χ3n) is 3.75. The van der Waals surface area contributed by atoms with Crippen molar-refractivity contribution in [3.8, 4) is 0 Å². The molecule has 0 saturated heterocycles. The molecule has 0 spiro atoms. The number of benzene rings is 2. The Kier molecular flexibility index (Phi) is 3.99. The molecule has 0 aliphatic heterocycles. The number of halogens is 1. The van der Waals surface area contributed by atoms with Crippen molar-refractivity contribution in [3.63, 3.8) is 0 Å². The number of hydrogen-bond acceptors (Lipinski definition) is 5. The second-order valence-corrected chi connectivity index (χ2v) is 6.38. The van der Waals surface area contributed by atoms with Crippen molar-refractivity contribution in [2.75, 3.05) is 5.32 Å². The minimum absolute atomic E-state index is 0.240. The van der Waals surface area contributed by atoms with E-state index in [0.717, 1.165) is 11.1 Å². The van der Waals surface area contributed by atoms with Gasteiger partial charge in [0.2, 0.25) is 10.1 Å². The number of fused-ring (bicyclic) bond motifs is 1. The molecule has 0 aliphatic carbocycles. The molecular weight excluding hydrogens is 339 g/mol. The van der Waals surface area contributed by atoms with Gasteiger partial charge in [-0.25, -0.2) is 9.37 Å². The van der Waals surface area contributed by atoms with Gasteiger partial charge in [0.15, 0.2) is 0 Å². The van der Waals surface area contributed by atoms with Crippen LogP contribution in [-0.2, 0) is 0 Å². The lowest BCUT2D eigenvalue weighted by atomic mass is 9.99. The first-order valence-corrected chi connectivity index (χ1v) is 8.44. The normalized spacial score (nSPS) is 12.2. The summed E-state index contributed by atoms with van der Waals surface area (Å²) < 4.78 is 15.0. The number of anilines is 1. The highest BCUT2D eigenvalue weighted by atomic mass is 32.1. The Labute approximate surface area is 146 Å². The first-order chi connectivity index (χ1) is 12.2. The third-order valence-corrected chi connectivity index (χ3v) is 4.61. The maximum atomic E-state index is 13.7. The highest BCUT2D eigenvalue weighted by molar-refractivity contribution is 7.20. The zero-order valence-electron chi connectivity index (χ0n) is 13.0. The SMILES string of the molecule is O=c1ccnc2sc(NC(c3ccccc3)c3cccc(F)c3)nn12. The Balaban J connectivity index is 1.77. The van der Waals surface area contributed by atoms with Gasteiger partial charge in [0.05, 0.1) is 6.04 Å². The topological polar surface area (TPSA) is 59.3 Å². The molecule has 0 fully saturated rings. The van der Waals surface area contributed by atoms with Crippen molar-refractivity contribution >= 4 is 21.4 Å². The van der Waals surface area contributed by atoms with Crippen LogP contribution in [0.25, 0.3) is 4.96 Å². The first-order valence-electron chi connectivity index (χ1n) is 7.62. The van der Waals surface area contributed by atoms with Crippen LogP contribution in [0, 0.1) is 5.82 Å². The van der Waals surface area contributed by atoms with E-state index in [9.17, 15) is 9.18 Å². The second-order valence-electron chi connectivity index (χ2n) is 5.43. The molecule has 1 N–H and O–H groups in total. The Morgan fingerprint density at radius 3 is 2.60 bits per heavy atom. The number of nitrogens with zero attached hydrogens (tertiary/aromatic N) is 3. The minimum atomic E-state index is -0.303. The van der Waals surface area contributed by atoms with Crippen LogP contribution >= 0.6 is 11.3 Å². The van der Waals surface area contributed by atoms with Gasteiger partial charge in [0.1, 0.15) is 5.82 Å². The van der Waals surface area contributed by atoms with Crippen LogP contribution in [-0.4, -0.2) is 14.6 Å². The van der Waals surface area contributed by atoms with Gasteiger partial charge >= 0.3 is 0 Å². The van der Waals surface area contributed by atoms with E-state index in [2.05, 4.69) is 15.4 Å². The quantitative estimate of drug-likeness (QED) is 0.611. The molecule has 1 unspecified atom stereocenters. The Hall–Kier alpha value is -3.06. The van der Waals surface area contributed by atoms with Gasteiger partial charge < -0.3 is 5.32 Å². The summed E-state index contributed by atoms with van der Waals surface area (Å²) in [6.45, 7) is 0. The Morgan fingerprint density at radius 2 is 1.84 bits per heavy atom. The van der Waals surface area contributed by atoms with E-state index in [1.54, 1.807) is 6.07 Å². The Morgan fingerprint density at radius 1 is 1.04 bits per heavy atom. The average molecular weight is 352 g/mol. The fourth-order valence-electron chi connectivity index (χ4n) is 2.62.